The maximum Gasteiger partial charge on any atom is 0.256 e. The molecule has 0 radical (unpaired) electrons. The summed E-state index contributed by atoms with van der Waals surface area (Å²) in [5.74, 6) is 0.177. The number of rotatable bonds is 2. The zero-order valence-electron chi connectivity index (χ0n) is 11.8. The summed E-state index contributed by atoms with van der Waals surface area (Å²) >= 11 is 0. The number of likely N-dealkylation sites (N-methyl/N-ethyl adjacent to an activating group) is 1. The largest absolute Gasteiger partial charge is 0.495 e. The van der Waals surface area contributed by atoms with Crippen LogP contribution >= 0.6 is 0 Å². The van der Waals surface area contributed by atoms with Gasteiger partial charge in [-0.25, -0.2) is 0 Å². The molecule has 108 valence electrons. The Morgan fingerprint density at radius 2 is 2.10 bits per heavy atom. The number of nitrogens with two attached hydrogens (primary N) is 1. The van der Waals surface area contributed by atoms with E-state index in [1.807, 2.05) is 0 Å². The van der Waals surface area contributed by atoms with Crippen molar-refractivity contribution in [1.82, 2.24) is 9.80 Å². The summed E-state index contributed by atoms with van der Waals surface area (Å²) < 4.78 is 5.12. The molecule has 0 aromatic heterocycles. The predicted octanol–water partition coefficient (Wildman–Crippen LogP) is 0.582. The highest BCUT2D eigenvalue weighted by molar-refractivity contribution is 6.01. The van der Waals surface area contributed by atoms with Crippen molar-refractivity contribution in [3.63, 3.8) is 0 Å². The Labute approximate surface area is 118 Å². The van der Waals surface area contributed by atoms with Crippen molar-refractivity contribution in [2.75, 3.05) is 39.5 Å². The number of hydrogen-bond donors (Lipinski definition) is 1. The number of carbonyl (C=O) groups is 2. The van der Waals surface area contributed by atoms with Crippen LogP contribution in [0.5, 0.6) is 5.75 Å². The van der Waals surface area contributed by atoms with Crippen molar-refractivity contribution < 1.29 is 14.3 Å². The van der Waals surface area contributed by atoms with Crippen molar-refractivity contribution >= 4 is 17.5 Å². The molecule has 1 heterocycles. The maximum absolute atomic E-state index is 12.5. The summed E-state index contributed by atoms with van der Waals surface area (Å²) in [4.78, 5) is 27.5. The first-order valence-corrected chi connectivity index (χ1v) is 6.50. The van der Waals surface area contributed by atoms with Crippen molar-refractivity contribution in [2.24, 2.45) is 0 Å². The third-order valence-electron chi connectivity index (χ3n) is 3.48. The number of anilines is 1. The number of methoxy groups -OCH3 is 1. The van der Waals surface area contributed by atoms with Crippen LogP contribution in [0.3, 0.4) is 0 Å². The fraction of sp³-hybridized carbons (Fsp3) is 0.429. The van der Waals surface area contributed by atoms with Crippen LogP contribution in [0, 0.1) is 0 Å². The summed E-state index contributed by atoms with van der Waals surface area (Å²) in [6.45, 7) is 1.30. The van der Waals surface area contributed by atoms with E-state index in [2.05, 4.69) is 0 Å². The summed E-state index contributed by atoms with van der Waals surface area (Å²) in [6, 6.07) is 5.07. The number of nitrogen functional groups attached to an aromatic ring is 1. The minimum absolute atomic E-state index is 0.0580. The zero-order valence-corrected chi connectivity index (χ0v) is 11.8. The third-order valence-corrected chi connectivity index (χ3v) is 3.48. The molecule has 6 nitrogen and oxygen atoms in total. The van der Waals surface area contributed by atoms with Crippen LogP contribution in [0.1, 0.15) is 16.8 Å². The predicted molar refractivity (Wildman–Crippen MR) is 75.6 cm³/mol. The molecular weight excluding hydrogens is 258 g/mol. The maximum atomic E-state index is 12.5. The van der Waals surface area contributed by atoms with E-state index in [4.69, 9.17) is 10.5 Å². The quantitative estimate of drug-likeness (QED) is 0.802. The highest BCUT2D eigenvalue weighted by Crippen LogP contribution is 2.26. The van der Waals surface area contributed by atoms with Gasteiger partial charge < -0.3 is 20.3 Å². The molecule has 6 heteroatoms. The molecule has 20 heavy (non-hydrogen) atoms. The van der Waals surface area contributed by atoms with Gasteiger partial charge in [0, 0.05) is 20.1 Å². The Kier molecular flexibility index (Phi) is 4.12. The number of ether oxygens (including phenoxy) is 1. The van der Waals surface area contributed by atoms with Gasteiger partial charge in [-0.2, -0.15) is 0 Å². The van der Waals surface area contributed by atoms with E-state index < -0.39 is 0 Å². The number of carbonyl (C=O) groups excluding carboxylic acids is 2. The Morgan fingerprint density at radius 1 is 1.35 bits per heavy atom. The summed E-state index contributed by atoms with van der Waals surface area (Å²) in [5, 5.41) is 0. The van der Waals surface area contributed by atoms with E-state index in [9.17, 15) is 9.59 Å². The van der Waals surface area contributed by atoms with E-state index >= 15 is 0 Å². The molecular formula is C14H19N3O3. The summed E-state index contributed by atoms with van der Waals surface area (Å²) in [5.41, 5.74) is 6.62. The van der Waals surface area contributed by atoms with Crippen LogP contribution in [0.25, 0.3) is 0 Å². The monoisotopic (exact) mass is 277 g/mol. The lowest BCUT2D eigenvalue weighted by atomic mass is 10.1. The molecule has 0 bridgehead atoms. The first-order valence-electron chi connectivity index (χ1n) is 6.50. The number of nitrogens with zero attached hydrogens (tertiary/aromatic N) is 2. The topological polar surface area (TPSA) is 75.9 Å². The van der Waals surface area contributed by atoms with Crippen LogP contribution in [0.2, 0.25) is 0 Å². The Bertz CT molecular complexity index is 530. The van der Waals surface area contributed by atoms with Gasteiger partial charge in [-0.1, -0.05) is 6.07 Å². The van der Waals surface area contributed by atoms with Gasteiger partial charge in [0.05, 0.1) is 18.4 Å². The Hall–Kier alpha value is -2.24. The Morgan fingerprint density at radius 3 is 2.80 bits per heavy atom. The van der Waals surface area contributed by atoms with Gasteiger partial charge >= 0.3 is 0 Å². The molecule has 1 aliphatic rings. The second kappa shape index (κ2) is 5.81. The average molecular weight is 277 g/mol. The summed E-state index contributed by atoms with van der Waals surface area (Å²) in [7, 11) is 3.25. The van der Waals surface area contributed by atoms with E-state index in [1.165, 1.54) is 12.0 Å². The molecule has 0 spiro atoms. The fourth-order valence-electron chi connectivity index (χ4n) is 2.24. The molecule has 0 saturated carbocycles. The van der Waals surface area contributed by atoms with Crippen molar-refractivity contribution in [1.29, 1.82) is 0 Å². The van der Waals surface area contributed by atoms with Crippen LogP contribution < -0.4 is 10.5 Å². The van der Waals surface area contributed by atoms with Crippen LogP contribution in [-0.2, 0) is 4.79 Å². The molecule has 0 unspecified atom stereocenters. The lowest BCUT2D eigenvalue weighted by Crippen LogP contribution is -2.38. The molecule has 1 fully saturated rings. The van der Waals surface area contributed by atoms with Gasteiger partial charge in [-0.05, 0) is 18.6 Å². The minimum atomic E-state index is -0.231. The highest BCUT2D eigenvalue weighted by atomic mass is 16.5. The molecule has 1 saturated heterocycles. The van der Waals surface area contributed by atoms with Crippen molar-refractivity contribution in [3.05, 3.63) is 23.8 Å². The third kappa shape index (κ3) is 2.68. The Balaban J connectivity index is 2.25. The van der Waals surface area contributed by atoms with Crippen LogP contribution in [0.4, 0.5) is 5.69 Å². The molecule has 0 aliphatic carbocycles. The SMILES string of the molecule is COc1cccc(C(=O)N2CCCN(C)C(=O)C2)c1N. The molecule has 1 aromatic rings. The van der Waals surface area contributed by atoms with Crippen LogP contribution in [-0.4, -0.2) is 55.4 Å². The van der Waals surface area contributed by atoms with Crippen molar-refractivity contribution in [2.45, 2.75) is 6.42 Å². The second-order valence-corrected chi connectivity index (χ2v) is 4.82. The first kappa shape index (κ1) is 14.2. The number of amides is 2. The van der Waals surface area contributed by atoms with Gasteiger partial charge in [0.25, 0.3) is 5.91 Å². The number of benzene rings is 1. The molecule has 1 aliphatic heterocycles. The first-order chi connectivity index (χ1) is 9.54. The van der Waals surface area contributed by atoms with E-state index in [1.54, 1.807) is 30.1 Å². The van der Waals surface area contributed by atoms with Gasteiger partial charge in [-0.15, -0.1) is 0 Å². The zero-order chi connectivity index (χ0) is 14.7. The minimum Gasteiger partial charge on any atom is -0.495 e. The second-order valence-electron chi connectivity index (χ2n) is 4.82. The lowest BCUT2D eigenvalue weighted by molar-refractivity contribution is -0.129. The van der Waals surface area contributed by atoms with E-state index in [0.717, 1.165) is 6.42 Å². The fourth-order valence-corrected chi connectivity index (χ4v) is 2.24. The highest BCUT2D eigenvalue weighted by Gasteiger charge is 2.25. The molecule has 0 atom stereocenters. The molecule has 1 aromatic carbocycles. The molecule has 2 N–H and O–H groups in total. The number of para-hydroxylation sites is 1. The van der Waals surface area contributed by atoms with Crippen molar-refractivity contribution in [3.8, 4) is 5.75 Å². The van der Waals surface area contributed by atoms with Gasteiger partial charge in [0.1, 0.15) is 12.3 Å². The normalized spacial score (nSPS) is 16.0. The van der Waals surface area contributed by atoms with Gasteiger partial charge in [-0.3, -0.25) is 9.59 Å². The van der Waals surface area contributed by atoms with Crippen LogP contribution in [0.15, 0.2) is 18.2 Å². The molecule has 2 rings (SSSR count). The lowest BCUT2D eigenvalue weighted by Gasteiger charge is -2.21. The van der Waals surface area contributed by atoms with Gasteiger partial charge in [0.15, 0.2) is 0 Å². The van der Waals surface area contributed by atoms with E-state index in [0.29, 0.717) is 30.1 Å². The molecule has 2 amide bonds. The number of hydrogen-bond acceptors (Lipinski definition) is 4. The summed E-state index contributed by atoms with van der Waals surface area (Å²) in [6.07, 6.45) is 0.762. The van der Waals surface area contributed by atoms with E-state index in [-0.39, 0.29) is 18.4 Å². The smallest absolute Gasteiger partial charge is 0.256 e. The average Bonchev–Trinajstić information content (AvgIpc) is 2.61. The van der Waals surface area contributed by atoms with Gasteiger partial charge in [0.2, 0.25) is 5.91 Å². The standard InChI is InChI=1S/C14H19N3O3/c1-16-7-4-8-17(9-12(16)18)14(19)10-5-3-6-11(20-2)13(10)15/h3,5-6H,4,7-9,15H2,1-2H3.